The Balaban J connectivity index is 1.98. The molecule has 1 aliphatic heterocycles. The van der Waals surface area contributed by atoms with Crippen molar-refractivity contribution in [3.8, 4) is 0 Å². The summed E-state index contributed by atoms with van der Waals surface area (Å²) in [6.07, 6.45) is 5.15. The van der Waals surface area contributed by atoms with E-state index in [-0.39, 0.29) is 5.91 Å². The molecule has 3 rings (SSSR count). The van der Waals surface area contributed by atoms with Gasteiger partial charge in [0.15, 0.2) is 10.3 Å². The van der Waals surface area contributed by atoms with Crippen LogP contribution in [0.1, 0.15) is 11.1 Å². The second kappa shape index (κ2) is 7.68. The number of carbonyl (C=O) groups is 1. The molecule has 1 aliphatic rings. The Kier molecular flexibility index (Phi) is 5.36. The third kappa shape index (κ3) is 4.00. The number of thioether (sulfide) groups is 1. The molecule has 0 bridgehead atoms. The highest BCUT2D eigenvalue weighted by Crippen LogP contribution is 2.35. The summed E-state index contributed by atoms with van der Waals surface area (Å²) in [7, 11) is 0. The number of amidine groups is 1. The molecule has 1 saturated heterocycles. The molecule has 0 N–H and O–H groups in total. The number of hydrogen-bond acceptors (Lipinski definition) is 4. The van der Waals surface area contributed by atoms with Crippen molar-refractivity contribution in [3.05, 3.63) is 76.4 Å². The molecular formula is C19H16ClN3OS. The molecule has 0 atom stereocenters. The van der Waals surface area contributed by atoms with Gasteiger partial charge in [0.05, 0.1) is 4.91 Å². The number of aryl methyl sites for hydroxylation is 1. The summed E-state index contributed by atoms with van der Waals surface area (Å²) in [5.74, 6) is -0.0924. The summed E-state index contributed by atoms with van der Waals surface area (Å²) in [4.78, 5) is 23.5. The molecule has 126 valence electrons. The first-order valence-electron chi connectivity index (χ1n) is 7.66. The topological polar surface area (TPSA) is 45.6 Å². The predicted octanol–water partition coefficient (Wildman–Crippen LogP) is 4.83. The zero-order valence-corrected chi connectivity index (χ0v) is 15.2. The molecule has 6 heteroatoms. The fraction of sp³-hybridized carbons (Fsp3) is 0.105. The van der Waals surface area contributed by atoms with E-state index in [1.807, 2.05) is 37.3 Å². The van der Waals surface area contributed by atoms with Crippen molar-refractivity contribution < 1.29 is 4.79 Å². The average molecular weight is 370 g/mol. The lowest BCUT2D eigenvalue weighted by Crippen LogP contribution is -2.29. The maximum Gasteiger partial charge on any atom is 0.267 e. The van der Waals surface area contributed by atoms with Crippen LogP contribution < -0.4 is 0 Å². The Morgan fingerprint density at radius 3 is 2.92 bits per heavy atom. The minimum absolute atomic E-state index is 0.0924. The predicted molar refractivity (Wildman–Crippen MR) is 105 cm³/mol. The molecular weight excluding hydrogens is 354 g/mol. The molecule has 25 heavy (non-hydrogen) atoms. The van der Waals surface area contributed by atoms with E-state index in [4.69, 9.17) is 11.6 Å². The first-order valence-corrected chi connectivity index (χ1v) is 8.86. The van der Waals surface area contributed by atoms with Crippen molar-refractivity contribution in [2.75, 3.05) is 6.54 Å². The number of halogens is 1. The van der Waals surface area contributed by atoms with E-state index >= 15 is 0 Å². The molecule has 0 aliphatic carbocycles. The van der Waals surface area contributed by atoms with Crippen LogP contribution in [-0.2, 0) is 4.79 Å². The molecule has 4 nitrogen and oxygen atoms in total. The van der Waals surface area contributed by atoms with Crippen LogP contribution in [0.2, 0.25) is 5.15 Å². The second-order valence-electron chi connectivity index (χ2n) is 5.44. The molecule has 1 fully saturated rings. The van der Waals surface area contributed by atoms with Gasteiger partial charge in [-0.05, 0) is 42.5 Å². The van der Waals surface area contributed by atoms with Crippen LogP contribution in [0.3, 0.4) is 0 Å². The SMILES string of the molecule is C=CCN1C(=O)/C(=C/c2cccc(C)c2)SC1=Nc1cccnc1Cl. The Morgan fingerprint density at radius 2 is 2.20 bits per heavy atom. The van der Waals surface area contributed by atoms with Crippen LogP contribution in [0.5, 0.6) is 0 Å². The van der Waals surface area contributed by atoms with Crippen LogP contribution in [-0.4, -0.2) is 27.5 Å². The van der Waals surface area contributed by atoms with Gasteiger partial charge in [-0.15, -0.1) is 6.58 Å². The third-order valence-corrected chi connectivity index (χ3v) is 4.79. The van der Waals surface area contributed by atoms with Gasteiger partial charge in [-0.25, -0.2) is 9.98 Å². The lowest BCUT2D eigenvalue weighted by Gasteiger charge is -2.12. The van der Waals surface area contributed by atoms with E-state index in [9.17, 15) is 4.79 Å². The molecule has 0 saturated carbocycles. The monoisotopic (exact) mass is 369 g/mol. The quantitative estimate of drug-likeness (QED) is 0.440. The zero-order valence-electron chi connectivity index (χ0n) is 13.6. The lowest BCUT2D eigenvalue weighted by molar-refractivity contribution is -0.121. The molecule has 1 aromatic carbocycles. The molecule has 0 unspecified atom stereocenters. The van der Waals surface area contributed by atoms with E-state index < -0.39 is 0 Å². The number of aromatic nitrogens is 1. The number of nitrogens with zero attached hydrogens (tertiary/aromatic N) is 3. The molecule has 2 aromatic rings. The van der Waals surface area contributed by atoms with Crippen molar-refractivity contribution in [1.82, 2.24) is 9.88 Å². The largest absolute Gasteiger partial charge is 0.283 e. The van der Waals surface area contributed by atoms with Crippen LogP contribution in [0.25, 0.3) is 6.08 Å². The highest BCUT2D eigenvalue weighted by Gasteiger charge is 2.32. The molecule has 0 radical (unpaired) electrons. The Bertz CT molecular complexity index is 892. The van der Waals surface area contributed by atoms with E-state index in [1.54, 1.807) is 29.3 Å². The van der Waals surface area contributed by atoms with E-state index in [0.717, 1.165) is 11.1 Å². The summed E-state index contributed by atoms with van der Waals surface area (Å²) >= 11 is 7.41. The smallest absolute Gasteiger partial charge is 0.267 e. The van der Waals surface area contributed by atoms with Gasteiger partial charge in [-0.2, -0.15) is 0 Å². The summed E-state index contributed by atoms with van der Waals surface area (Å²) in [6.45, 7) is 6.13. The summed E-state index contributed by atoms with van der Waals surface area (Å²) in [6, 6.07) is 11.5. The second-order valence-corrected chi connectivity index (χ2v) is 6.80. The maximum absolute atomic E-state index is 12.7. The third-order valence-electron chi connectivity index (χ3n) is 3.50. The fourth-order valence-electron chi connectivity index (χ4n) is 2.36. The summed E-state index contributed by atoms with van der Waals surface area (Å²) in [5, 5.41) is 0.872. The van der Waals surface area contributed by atoms with E-state index in [0.29, 0.717) is 27.5 Å². The number of hydrogen-bond donors (Lipinski definition) is 0. The Morgan fingerprint density at radius 1 is 1.36 bits per heavy atom. The number of pyridine rings is 1. The van der Waals surface area contributed by atoms with Crippen molar-refractivity contribution in [3.63, 3.8) is 0 Å². The summed E-state index contributed by atoms with van der Waals surface area (Å²) < 4.78 is 0. The van der Waals surface area contributed by atoms with Crippen LogP contribution in [0.4, 0.5) is 5.69 Å². The highest BCUT2D eigenvalue weighted by molar-refractivity contribution is 8.18. The first-order chi connectivity index (χ1) is 12.1. The van der Waals surface area contributed by atoms with Crippen molar-refractivity contribution in [1.29, 1.82) is 0 Å². The molecule has 1 amide bonds. The van der Waals surface area contributed by atoms with Gasteiger partial charge in [-0.3, -0.25) is 9.69 Å². The maximum atomic E-state index is 12.7. The van der Waals surface area contributed by atoms with Gasteiger partial charge >= 0.3 is 0 Å². The Hall–Kier alpha value is -2.37. The number of aliphatic imine (C=N–C) groups is 1. The van der Waals surface area contributed by atoms with Gasteiger partial charge in [0.1, 0.15) is 5.69 Å². The zero-order chi connectivity index (χ0) is 17.8. The van der Waals surface area contributed by atoms with Crippen molar-refractivity contribution >= 4 is 46.2 Å². The minimum Gasteiger partial charge on any atom is -0.283 e. The van der Waals surface area contributed by atoms with Crippen molar-refractivity contribution in [2.24, 2.45) is 4.99 Å². The van der Waals surface area contributed by atoms with Crippen LogP contribution in [0, 0.1) is 6.92 Å². The average Bonchev–Trinajstić information content (AvgIpc) is 2.86. The standard InChI is InChI=1S/C19H16ClN3OS/c1-3-10-23-18(24)16(12-14-7-4-6-13(2)11-14)25-19(23)22-15-8-5-9-21-17(15)20/h3-9,11-12H,1,10H2,2H3/b16-12-,22-19?. The number of amides is 1. The minimum atomic E-state index is -0.0924. The lowest BCUT2D eigenvalue weighted by atomic mass is 10.1. The van der Waals surface area contributed by atoms with Gasteiger partial charge in [0.25, 0.3) is 5.91 Å². The van der Waals surface area contributed by atoms with E-state index in [2.05, 4.69) is 16.6 Å². The van der Waals surface area contributed by atoms with Gasteiger partial charge in [0.2, 0.25) is 0 Å². The Labute approximate surface area is 155 Å². The number of benzene rings is 1. The van der Waals surface area contributed by atoms with Gasteiger partial charge in [-0.1, -0.05) is 47.5 Å². The summed E-state index contributed by atoms with van der Waals surface area (Å²) in [5.41, 5.74) is 2.66. The molecule has 2 heterocycles. The molecule has 1 aromatic heterocycles. The number of rotatable bonds is 4. The highest BCUT2D eigenvalue weighted by atomic mass is 35.5. The van der Waals surface area contributed by atoms with E-state index in [1.165, 1.54) is 11.8 Å². The molecule has 0 spiro atoms. The van der Waals surface area contributed by atoms with Crippen LogP contribution >= 0.6 is 23.4 Å². The van der Waals surface area contributed by atoms with Gasteiger partial charge in [0, 0.05) is 12.7 Å². The fourth-order valence-corrected chi connectivity index (χ4v) is 3.52. The number of carbonyl (C=O) groups excluding carboxylic acids is 1. The van der Waals surface area contributed by atoms with Gasteiger partial charge < -0.3 is 0 Å². The normalized spacial score (nSPS) is 17.5. The van der Waals surface area contributed by atoms with Crippen molar-refractivity contribution in [2.45, 2.75) is 6.92 Å². The first kappa shape index (κ1) is 17.5. The van der Waals surface area contributed by atoms with Crippen LogP contribution in [0.15, 0.2) is 65.1 Å².